The second kappa shape index (κ2) is 35.2. The van der Waals surface area contributed by atoms with Crippen LogP contribution >= 0.6 is 0 Å². The van der Waals surface area contributed by atoms with Crippen LogP contribution in [0.1, 0.15) is 0 Å². The van der Waals surface area contributed by atoms with Crippen LogP contribution in [0.2, 0.25) is 0 Å². The number of benzene rings is 24. The van der Waals surface area contributed by atoms with Gasteiger partial charge in [-0.1, -0.05) is 449 Å². The Hall–Kier alpha value is -18.5. The standard InChI is InChI=1S/C44H28N2.2C43H27N3/c1-3-12-31(13-4-1)42-28-43(32-14-5-2-6-15-32)46-44(45-42)35-25-33-16-8-10-18-37(33)41(27-35)34-20-19-30-22-23-38-36-17-9-7-11-29(36)21-24-39(38)40(30)26-34;1-3-11-31(12-4-1)41-44-42(32-13-5-2-6-14-32)46-43(45-41)34-21-19-29-15-9-17-36(39(29)27-34)33-20-18-30-23-24-37-35-16-8-7-10-28(35)22-25-38(37)40(30)26-33;1-3-11-30(12-4-1)41-44-42(31-13-5-2-6-14-31)46-43(45-41)34-22-23-37-32(26-34)15-9-17-36(37)33-19-18-29-21-24-38-35-16-8-7-10-28(35)20-25-39(38)40(29)27-33/h1-28H;2*1-27H. The van der Waals surface area contributed by atoms with Gasteiger partial charge in [-0.15, -0.1) is 0 Å². The van der Waals surface area contributed by atoms with Gasteiger partial charge in [0.1, 0.15) is 0 Å². The Morgan fingerprint density at radius 2 is 0.326 bits per heavy atom. The van der Waals surface area contributed by atoms with E-state index in [0.29, 0.717) is 40.8 Å². The molecule has 0 aliphatic rings. The highest BCUT2D eigenvalue weighted by atomic mass is 15.0. The zero-order valence-electron chi connectivity index (χ0n) is 74.9. The Morgan fingerprint density at radius 1 is 0.0942 bits per heavy atom. The number of hydrogen-bond acceptors (Lipinski definition) is 8. The number of hydrogen-bond donors (Lipinski definition) is 0. The zero-order chi connectivity index (χ0) is 91.4. The van der Waals surface area contributed by atoms with Gasteiger partial charge in [0.05, 0.1) is 11.4 Å². The summed E-state index contributed by atoms with van der Waals surface area (Å²) in [6.45, 7) is 0. The van der Waals surface area contributed by atoms with Gasteiger partial charge in [0.25, 0.3) is 0 Å². The molecule has 27 aromatic rings. The van der Waals surface area contributed by atoms with E-state index in [0.717, 1.165) is 77.6 Å². The van der Waals surface area contributed by atoms with E-state index in [9.17, 15) is 0 Å². The highest BCUT2D eigenvalue weighted by molar-refractivity contribution is 6.21. The van der Waals surface area contributed by atoms with Crippen molar-refractivity contribution in [1.82, 2.24) is 39.9 Å². The molecule has 3 aromatic heterocycles. The Morgan fingerprint density at radius 3 is 0.717 bits per heavy atom. The van der Waals surface area contributed by atoms with Crippen LogP contribution in [0, 0.1) is 0 Å². The van der Waals surface area contributed by atoms with E-state index < -0.39 is 0 Å². The first-order valence-corrected chi connectivity index (χ1v) is 46.7. The predicted octanol–water partition coefficient (Wildman–Crippen LogP) is 34.1. The smallest absolute Gasteiger partial charge is 0.164 e. The van der Waals surface area contributed by atoms with Crippen molar-refractivity contribution in [2.75, 3.05) is 0 Å². The summed E-state index contributed by atoms with van der Waals surface area (Å²) in [5, 5.41) is 29.8. The summed E-state index contributed by atoms with van der Waals surface area (Å²) >= 11 is 0. The summed E-state index contributed by atoms with van der Waals surface area (Å²) in [5.74, 6) is 4.66. The lowest BCUT2D eigenvalue weighted by Gasteiger charge is -2.14. The normalized spacial score (nSPS) is 11.5. The van der Waals surface area contributed by atoms with Gasteiger partial charge in [0.15, 0.2) is 40.8 Å². The van der Waals surface area contributed by atoms with Crippen LogP contribution in [0.5, 0.6) is 0 Å². The maximum Gasteiger partial charge on any atom is 0.164 e. The molecule has 0 aliphatic carbocycles. The van der Waals surface area contributed by atoms with E-state index in [1.165, 1.54) is 146 Å². The van der Waals surface area contributed by atoms with Crippen molar-refractivity contribution in [3.8, 4) is 136 Å². The summed E-state index contributed by atoms with van der Waals surface area (Å²) in [7, 11) is 0. The second-order valence-electron chi connectivity index (χ2n) is 35.1. The van der Waals surface area contributed by atoms with Gasteiger partial charge in [-0.25, -0.2) is 39.9 Å². The molecule has 0 bridgehead atoms. The summed E-state index contributed by atoms with van der Waals surface area (Å²) < 4.78 is 0. The zero-order valence-corrected chi connectivity index (χ0v) is 74.9. The lowest BCUT2D eigenvalue weighted by atomic mass is 9.91. The van der Waals surface area contributed by atoms with E-state index in [2.05, 4.69) is 364 Å². The Kier molecular flexibility index (Phi) is 20.8. The third kappa shape index (κ3) is 15.5. The Bertz CT molecular complexity index is 9260. The number of aromatic nitrogens is 8. The van der Waals surface area contributed by atoms with Crippen molar-refractivity contribution in [2.24, 2.45) is 0 Å². The number of nitrogens with zero attached hydrogens (tertiary/aromatic N) is 8. The minimum Gasteiger partial charge on any atom is -0.228 e. The molecule has 8 heteroatoms. The lowest BCUT2D eigenvalue weighted by Crippen LogP contribution is -2.00. The molecule has 642 valence electrons. The first kappa shape index (κ1) is 81.5. The first-order chi connectivity index (χ1) is 68.3. The van der Waals surface area contributed by atoms with E-state index >= 15 is 0 Å². The summed E-state index contributed by atoms with van der Waals surface area (Å²) in [6.07, 6.45) is 0. The summed E-state index contributed by atoms with van der Waals surface area (Å²) in [6, 6.07) is 176. The van der Waals surface area contributed by atoms with Gasteiger partial charge in [-0.2, -0.15) is 0 Å². The van der Waals surface area contributed by atoms with Gasteiger partial charge in [-0.05, 0) is 211 Å². The predicted molar refractivity (Wildman–Crippen MR) is 577 cm³/mol. The van der Waals surface area contributed by atoms with Crippen LogP contribution < -0.4 is 0 Å². The largest absolute Gasteiger partial charge is 0.228 e. The molecule has 0 fully saturated rings. The van der Waals surface area contributed by atoms with Gasteiger partial charge >= 0.3 is 0 Å². The van der Waals surface area contributed by atoms with E-state index in [-0.39, 0.29) is 0 Å². The molecule has 8 nitrogen and oxygen atoms in total. The fourth-order valence-corrected chi connectivity index (χ4v) is 19.9. The molecule has 0 spiro atoms. The highest BCUT2D eigenvalue weighted by Gasteiger charge is 2.22. The van der Waals surface area contributed by atoms with Crippen molar-refractivity contribution in [2.45, 2.75) is 0 Å². The molecule has 0 saturated carbocycles. The maximum atomic E-state index is 5.15. The average Bonchev–Trinajstić information content (AvgIpc) is 0.756. The minimum atomic E-state index is 0.654. The van der Waals surface area contributed by atoms with Crippen LogP contribution in [0.25, 0.3) is 265 Å². The third-order valence-electron chi connectivity index (χ3n) is 26.8. The van der Waals surface area contributed by atoms with Crippen molar-refractivity contribution >= 4 is 129 Å². The quantitative estimate of drug-likeness (QED) is 0.111. The molecular formula is C130H82N8. The number of rotatable bonds is 12. The molecular weight excluding hydrogens is 1670 g/mol. The van der Waals surface area contributed by atoms with Gasteiger partial charge in [0.2, 0.25) is 0 Å². The molecule has 0 unspecified atom stereocenters. The van der Waals surface area contributed by atoms with Crippen molar-refractivity contribution in [3.05, 3.63) is 497 Å². The van der Waals surface area contributed by atoms with Gasteiger partial charge in [0, 0.05) is 50.1 Å². The summed E-state index contributed by atoms with van der Waals surface area (Å²) in [5.41, 5.74) is 17.8. The monoisotopic (exact) mass is 1750 g/mol. The molecule has 0 saturated heterocycles. The highest BCUT2D eigenvalue weighted by Crippen LogP contribution is 2.44. The van der Waals surface area contributed by atoms with Crippen LogP contribution in [0.3, 0.4) is 0 Å². The second-order valence-corrected chi connectivity index (χ2v) is 35.1. The summed E-state index contributed by atoms with van der Waals surface area (Å²) in [4.78, 5) is 39.9. The molecule has 0 atom stereocenters. The molecule has 3 heterocycles. The molecule has 138 heavy (non-hydrogen) atoms. The topological polar surface area (TPSA) is 103 Å². The van der Waals surface area contributed by atoms with Crippen molar-refractivity contribution < 1.29 is 0 Å². The van der Waals surface area contributed by atoms with E-state index in [1.54, 1.807) is 0 Å². The van der Waals surface area contributed by atoms with Crippen LogP contribution in [-0.4, -0.2) is 39.9 Å². The third-order valence-corrected chi connectivity index (χ3v) is 26.8. The molecule has 27 rings (SSSR count). The fourth-order valence-electron chi connectivity index (χ4n) is 19.9. The van der Waals surface area contributed by atoms with Crippen LogP contribution in [-0.2, 0) is 0 Å². The molecule has 0 amide bonds. The molecule has 0 aliphatic heterocycles. The maximum absolute atomic E-state index is 5.15. The first-order valence-electron chi connectivity index (χ1n) is 46.7. The Balaban J connectivity index is 0.000000110. The van der Waals surface area contributed by atoms with Crippen LogP contribution in [0.4, 0.5) is 0 Å². The number of fused-ring (bicyclic) bond motifs is 18. The molecule has 0 radical (unpaired) electrons. The fraction of sp³-hybridized carbons (Fsp3) is 0. The lowest BCUT2D eigenvalue weighted by molar-refractivity contribution is 1.07. The Labute approximate surface area is 796 Å². The van der Waals surface area contributed by atoms with E-state index in [4.69, 9.17) is 39.9 Å². The van der Waals surface area contributed by atoms with E-state index in [1.807, 2.05) is 133 Å². The molecule has 24 aromatic carbocycles. The average molecular weight is 1760 g/mol. The van der Waals surface area contributed by atoms with Crippen molar-refractivity contribution in [3.63, 3.8) is 0 Å². The van der Waals surface area contributed by atoms with Crippen molar-refractivity contribution in [1.29, 1.82) is 0 Å². The van der Waals surface area contributed by atoms with Crippen LogP contribution in [0.15, 0.2) is 497 Å². The SMILES string of the molecule is c1ccc(-c2cc(-c3ccccc3)nc(-c3cc(-c4ccc5ccc6c7ccccc7ccc6c5c4)c4ccccc4c3)n2)cc1.c1ccc(-c2nc(-c3ccccc3)nc(-c3ccc4c(-c5ccc6ccc7c8ccccc8ccc7c6c5)cccc4c3)n2)cc1.c1ccc(-c2nc(-c3ccccc3)nc(-c3ccc4cccc(-c5ccc6ccc7c8ccccc8ccc7c6c5)c4c3)n2)cc1. The molecule has 0 N–H and O–H groups in total. The van der Waals surface area contributed by atoms with Gasteiger partial charge < -0.3 is 0 Å². The van der Waals surface area contributed by atoms with Gasteiger partial charge in [-0.3, -0.25) is 0 Å². The minimum absolute atomic E-state index is 0.654.